The van der Waals surface area contributed by atoms with Crippen molar-refractivity contribution in [2.24, 2.45) is 5.92 Å². The largest absolute Gasteiger partial charge is 0.376 e. The minimum Gasteiger partial charge on any atom is -0.376 e. The first-order valence-electron chi connectivity index (χ1n) is 5.58. The van der Waals surface area contributed by atoms with Crippen LogP contribution >= 0.6 is 0 Å². The van der Waals surface area contributed by atoms with Crippen molar-refractivity contribution in [3.05, 3.63) is 0 Å². The zero-order chi connectivity index (χ0) is 10.7. The van der Waals surface area contributed by atoms with Crippen molar-refractivity contribution in [3.8, 4) is 6.07 Å². The minimum absolute atomic E-state index is 0.107. The van der Waals surface area contributed by atoms with Crippen LogP contribution in [-0.4, -0.2) is 36.6 Å². The average Bonchev–Trinajstić information content (AvgIpc) is 2.61. The SMILES string of the molecule is N#CC1CC(=O)N(CC2CCCCO2)C1. The van der Waals surface area contributed by atoms with Crippen LogP contribution in [0.25, 0.3) is 0 Å². The molecule has 0 N–H and O–H groups in total. The lowest BCUT2D eigenvalue weighted by Gasteiger charge is -2.27. The molecule has 2 unspecified atom stereocenters. The summed E-state index contributed by atoms with van der Waals surface area (Å²) in [6.45, 7) is 2.08. The van der Waals surface area contributed by atoms with Gasteiger partial charge in [0, 0.05) is 26.1 Å². The molecular weight excluding hydrogens is 192 g/mol. The summed E-state index contributed by atoms with van der Waals surface area (Å²) in [4.78, 5) is 13.3. The Morgan fingerprint density at radius 2 is 2.40 bits per heavy atom. The van der Waals surface area contributed by atoms with Crippen molar-refractivity contribution < 1.29 is 9.53 Å². The maximum absolute atomic E-state index is 11.5. The van der Waals surface area contributed by atoms with Crippen molar-refractivity contribution in [3.63, 3.8) is 0 Å². The zero-order valence-corrected chi connectivity index (χ0v) is 8.82. The van der Waals surface area contributed by atoms with Crippen LogP contribution in [0.3, 0.4) is 0 Å². The molecule has 2 aliphatic heterocycles. The van der Waals surface area contributed by atoms with Crippen LogP contribution in [0, 0.1) is 17.2 Å². The van der Waals surface area contributed by atoms with Crippen molar-refractivity contribution in [2.75, 3.05) is 19.7 Å². The van der Waals surface area contributed by atoms with Gasteiger partial charge in [0.1, 0.15) is 0 Å². The molecule has 2 saturated heterocycles. The van der Waals surface area contributed by atoms with E-state index < -0.39 is 0 Å². The topological polar surface area (TPSA) is 53.3 Å². The Balaban J connectivity index is 1.84. The van der Waals surface area contributed by atoms with Crippen LogP contribution in [0.15, 0.2) is 0 Å². The third-order valence-electron chi connectivity index (χ3n) is 3.10. The normalized spacial score (nSPS) is 31.7. The molecule has 0 aromatic heterocycles. The fourth-order valence-electron chi connectivity index (χ4n) is 2.23. The Morgan fingerprint density at radius 3 is 3.00 bits per heavy atom. The Hall–Kier alpha value is -1.08. The molecule has 0 spiro atoms. The van der Waals surface area contributed by atoms with E-state index in [2.05, 4.69) is 6.07 Å². The number of ether oxygens (including phenoxy) is 1. The first-order valence-corrected chi connectivity index (χ1v) is 5.58. The highest BCUT2D eigenvalue weighted by Gasteiger charge is 2.31. The van der Waals surface area contributed by atoms with Crippen molar-refractivity contribution in [1.82, 2.24) is 4.90 Å². The van der Waals surface area contributed by atoms with E-state index in [1.54, 1.807) is 4.90 Å². The molecule has 1 amide bonds. The predicted molar refractivity (Wildman–Crippen MR) is 53.9 cm³/mol. The molecule has 0 saturated carbocycles. The van der Waals surface area contributed by atoms with Crippen LogP contribution in [0.2, 0.25) is 0 Å². The molecular formula is C11H16N2O2. The monoisotopic (exact) mass is 208 g/mol. The molecule has 2 rings (SSSR count). The lowest BCUT2D eigenvalue weighted by atomic mass is 10.1. The first kappa shape index (κ1) is 10.4. The fraction of sp³-hybridized carbons (Fsp3) is 0.818. The van der Waals surface area contributed by atoms with E-state index in [1.807, 2.05) is 0 Å². The Bertz CT molecular complexity index is 279. The molecule has 15 heavy (non-hydrogen) atoms. The number of rotatable bonds is 2. The number of nitrogens with zero attached hydrogens (tertiary/aromatic N) is 2. The molecule has 2 fully saturated rings. The third-order valence-corrected chi connectivity index (χ3v) is 3.10. The van der Waals surface area contributed by atoms with E-state index >= 15 is 0 Å². The highest BCUT2D eigenvalue weighted by atomic mass is 16.5. The van der Waals surface area contributed by atoms with E-state index in [-0.39, 0.29) is 17.9 Å². The van der Waals surface area contributed by atoms with Gasteiger partial charge in [-0.3, -0.25) is 4.79 Å². The van der Waals surface area contributed by atoms with E-state index in [1.165, 1.54) is 6.42 Å². The van der Waals surface area contributed by atoms with Crippen LogP contribution in [0.1, 0.15) is 25.7 Å². The number of hydrogen-bond donors (Lipinski definition) is 0. The second-order valence-corrected chi connectivity index (χ2v) is 4.32. The lowest BCUT2D eigenvalue weighted by molar-refractivity contribution is -0.130. The van der Waals surface area contributed by atoms with Crippen LogP contribution < -0.4 is 0 Å². The van der Waals surface area contributed by atoms with E-state index in [4.69, 9.17) is 10.00 Å². The number of carbonyl (C=O) groups excluding carboxylic acids is 1. The summed E-state index contributed by atoms with van der Waals surface area (Å²) in [6.07, 6.45) is 3.95. The summed E-state index contributed by atoms with van der Waals surface area (Å²) in [5, 5.41) is 8.75. The van der Waals surface area contributed by atoms with Crippen LogP contribution in [0.5, 0.6) is 0 Å². The molecule has 0 aromatic rings. The predicted octanol–water partition coefficient (Wildman–Crippen LogP) is 0.928. The second-order valence-electron chi connectivity index (χ2n) is 4.32. The summed E-state index contributed by atoms with van der Waals surface area (Å²) >= 11 is 0. The van der Waals surface area contributed by atoms with Gasteiger partial charge in [0.05, 0.1) is 18.1 Å². The molecule has 2 atom stereocenters. The van der Waals surface area contributed by atoms with Gasteiger partial charge in [-0.1, -0.05) is 0 Å². The summed E-state index contributed by atoms with van der Waals surface area (Å²) < 4.78 is 5.58. The van der Waals surface area contributed by atoms with Crippen molar-refractivity contribution in [1.29, 1.82) is 5.26 Å². The number of amides is 1. The molecule has 0 bridgehead atoms. The van der Waals surface area contributed by atoms with Gasteiger partial charge in [0.2, 0.25) is 5.91 Å². The molecule has 82 valence electrons. The standard InChI is InChI=1S/C11H16N2O2/c12-6-9-5-11(14)13(7-9)8-10-3-1-2-4-15-10/h9-10H,1-5,7-8H2. The highest BCUT2D eigenvalue weighted by molar-refractivity contribution is 5.79. The Morgan fingerprint density at radius 1 is 1.53 bits per heavy atom. The summed E-state index contributed by atoms with van der Waals surface area (Å²) in [5.74, 6) is -0.00295. The lowest BCUT2D eigenvalue weighted by Crippen LogP contribution is -2.36. The number of likely N-dealkylation sites (tertiary alicyclic amines) is 1. The minimum atomic E-state index is -0.110. The summed E-state index contributed by atoms with van der Waals surface area (Å²) in [5.41, 5.74) is 0. The highest BCUT2D eigenvalue weighted by Crippen LogP contribution is 2.20. The van der Waals surface area contributed by atoms with E-state index in [0.29, 0.717) is 19.5 Å². The van der Waals surface area contributed by atoms with Gasteiger partial charge in [0.25, 0.3) is 0 Å². The molecule has 4 nitrogen and oxygen atoms in total. The second kappa shape index (κ2) is 4.63. The van der Waals surface area contributed by atoms with Gasteiger partial charge in [-0.2, -0.15) is 5.26 Å². The van der Waals surface area contributed by atoms with E-state index in [9.17, 15) is 4.79 Å². The maximum atomic E-state index is 11.5. The quantitative estimate of drug-likeness (QED) is 0.678. The number of hydrogen-bond acceptors (Lipinski definition) is 3. The van der Waals surface area contributed by atoms with Gasteiger partial charge < -0.3 is 9.64 Å². The van der Waals surface area contributed by atoms with Gasteiger partial charge in [-0.15, -0.1) is 0 Å². The molecule has 2 heterocycles. The summed E-state index contributed by atoms with van der Waals surface area (Å²) in [7, 11) is 0. The first-order chi connectivity index (χ1) is 7.29. The van der Waals surface area contributed by atoms with Crippen LogP contribution in [0.4, 0.5) is 0 Å². The fourth-order valence-corrected chi connectivity index (χ4v) is 2.23. The average molecular weight is 208 g/mol. The molecule has 0 aliphatic carbocycles. The number of carbonyl (C=O) groups is 1. The van der Waals surface area contributed by atoms with Crippen LogP contribution in [-0.2, 0) is 9.53 Å². The molecule has 2 aliphatic rings. The molecule has 4 heteroatoms. The van der Waals surface area contributed by atoms with Crippen molar-refractivity contribution in [2.45, 2.75) is 31.8 Å². The van der Waals surface area contributed by atoms with Gasteiger partial charge in [-0.25, -0.2) is 0 Å². The third kappa shape index (κ3) is 2.48. The maximum Gasteiger partial charge on any atom is 0.224 e. The van der Waals surface area contributed by atoms with Crippen molar-refractivity contribution >= 4 is 5.91 Å². The van der Waals surface area contributed by atoms with Gasteiger partial charge >= 0.3 is 0 Å². The molecule has 0 aromatic carbocycles. The number of nitriles is 1. The van der Waals surface area contributed by atoms with Gasteiger partial charge in [0.15, 0.2) is 0 Å². The Kier molecular flexibility index (Phi) is 3.22. The van der Waals surface area contributed by atoms with Gasteiger partial charge in [-0.05, 0) is 19.3 Å². The Labute approximate surface area is 89.8 Å². The molecule has 0 radical (unpaired) electrons. The van der Waals surface area contributed by atoms with E-state index in [0.717, 1.165) is 19.4 Å². The zero-order valence-electron chi connectivity index (χ0n) is 8.82. The summed E-state index contributed by atoms with van der Waals surface area (Å²) in [6, 6.07) is 2.16. The smallest absolute Gasteiger partial charge is 0.224 e.